The van der Waals surface area contributed by atoms with Crippen molar-refractivity contribution < 1.29 is 14.3 Å². The second kappa shape index (κ2) is 9.97. The van der Waals surface area contributed by atoms with E-state index in [1.807, 2.05) is 84.9 Å². The molecule has 0 bridgehead atoms. The summed E-state index contributed by atoms with van der Waals surface area (Å²) in [6.45, 7) is 0.789. The average molecular weight is 358 g/mol. The number of benzene rings is 3. The number of carbonyl (C=O) groups excluding carboxylic acids is 1. The SMILES string of the molecule is O=C(OC/C=C/Cc1ccccc1OCc1ccccc1)c1ccccc1. The van der Waals surface area contributed by atoms with Crippen LogP contribution < -0.4 is 4.74 Å². The molecule has 0 N–H and O–H groups in total. The van der Waals surface area contributed by atoms with Crippen molar-refractivity contribution in [1.82, 2.24) is 0 Å². The van der Waals surface area contributed by atoms with Gasteiger partial charge in [-0.15, -0.1) is 0 Å². The van der Waals surface area contributed by atoms with E-state index in [0.717, 1.165) is 16.9 Å². The predicted octanol–water partition coefficient (Wildman–Crippen LogP) is 5.22. The van der Waals surface area contributed by atoms with E-state index in [0.29, 0.717) is 18.6 Å². The maximum Gasteiger partial charge on any atom is 0.338 e. The summed E-state index contributed by atoms with van der Waals surface area (Å²) >= 11 is 0. The van der Waals surface area contributed by atoms with Gasteiger partial charge in [0.15, 0.2) is 0 Å². The van der Waals surface area contributed by atoms with Crippen molar-refractivity contribution in [3.8, 4) is 5.75 Å². The van der Waals surface area contributed by atoms with Gasteiger partial charge in [-0.1, -0.05) is 78.9 Å². The molecule has 0 aromatic heterocycles. The van der Waals surface area contributed by atoms with Crippen molar-refractivity contribution in [2.24, 2.45) is 0 Å². The first-order chi connectivity index (χ1) is 13.3. The van der Waals surface area contributed by atoms with Crippen LogP contribution >= 0.6 is 0 Å². The smallest absolute Gasteiger partial charge is 0.338 e. The van der Waals surface area contributed by atoms with Crippen LogP contribution in [-0.2, 0) is 17.8 Å². The Morgan fingerprint density at radius 3 is 2.22 bits per heavy atom. The Morgan fingerprint density at radius 2 is 1.44 bits per heavy atom. The zero-order valence-corrected chi connectivity index (χ0v) is 15.1. The predicted molar refractivity (Wildman–Crippen MR) is 107 cm³/mol. The van der Waals surface area contributed by atoms with Gasteiger partial charge in [-0.05, 0) is 35.7 Å². The van der Waals surface area contributed by atoms with Gasteiger partial charge in [0.1, 0.15) is 19.0 Å². The van der Waals surface area contributed by atoms with Gasteiger partial charge in [-0.25, -0.2) is 4.79 Å². The van der Waals surface area contributed by atoms with E-state index in [-0.39, 0.29) is 12.6 Å². The first-order valence-electron chi connectivity index (χ1n) is 8.95. The second-order valence-electron chi connectivity index (χ2n) is 6.02. The minimum absolute atomic E-state index is 0.251. The molecule has 27 heavy (non-hydrogen) atoms. The third kappa shape index (κ3) is 5.86. The minimum Gasteiger partial charge on any atom is -0.489 e. The topological polar surface area (TPSA) is 35.5 Å². The van der Waals surface area contributed by atoms with Gasteiger partial charge < -0.3 is 9.47 Å². The molecule has 3 aromatic rings. The molecule has 3 nitrogen and oxygen atoms in total. The van der Waals surface area contributed by atoms with Crippen LogP contribution in [0.5, 0.6) is 5.75 Å². The average Bonchev–Trinajstić information content (AvgIpc) is 2.74. The summed E-state index contributed by atoms with van der Waals surface area (Å²) in [6.07, 6.45) is 4.56. The van der Waals surface area contributed by atoms with Crippen LogP contribution in [0.2, 0.25) is 0 Å². The Morgan fingerprint density at radius 1 is 0.778 bits per heavy atom. The molecule has 0 aliphatic heterocycles. The number of hydrogen-bond acceptors (Lipinski definition) is 3. The zero-order valence-electron chi connectivity index (χ0n) is 15.1. The van der Waals surface area contributed by atoms with Gasteiger partial charge in [0.25, 0.3) is 0 Å². The molecule has 136 valence electrons. The van der Waals surface area contributed by atoms with Gasteiger partial charge in [-0.3, -0.25) is 0 Å². The zero-order chi connectivity index (χ0) is 18.7. The highest BCUT2D eigenvalue weighted by atomic mass is 16.5. The molecule has 0 fully saturated rings. The lowest BCUT2D eigenvalue weighted by Crippen LogP contribution is -2.04. The first-order valence-corrected chi connectivity index (χ1v) is 8.95. The molecular weight excluding hydrogens is 336 g/mol. The fourth-order valence-corrected chi connectivity index (χ4v) is 2.61. The number of para-hydroxylation sites is 1. The molecule has 0 radical (unpaired) electrons. The number of rotatable bonds is 8. The fraction of sp³-hybridized carbons (Fsp3) is 0.125. The summed E-state index contributed by atoms with van der Waals surface area (Å²) in [5.41, 5.74) is 2.79. The largest absolute Gasteiger partial charge is 0.489 e. The highest BCUT2D eigenvalue weighted by molar-refractivity contribution is 5.89. The van der Waals surface area contributed by atoms with E-state index in [2.05, 4.69) is 0 Å². The third-order valence-corrected chi connectivity index (χ3v) is 4.03. The van der Waals surface area contributed by atoms with Crippen molar-refractivity contribution in [1.29, 1.82) is 0 Å². The highest BCUT2D eigenvalue weighted by Crippen LogP contribution is 2.20. The molecule has 0 saturated heterocycles. The quantitative estimate of drug-likeness (QED) is 0.409. The monoisotopic (exact) mass is 358 g/mol. The van der Waals surface area contributed by atoms with Gasteiger partial charge in [0.2, 0.25) is 0 Å². The van der Waals surface area contributed by atoms with Crippen molar-refractivity contribution in [3.05, 3.63) is 114 Å². The minimum atomic E-state index is -0.313. The van der Waals surface area contributed by atoms with Gasteiger partial charge in [0, 0.05) is 0 Å². The lowest BCUT2D eigenvalue weighted by Gasteiger charge is -2.10. The standard InChI is InChI=1S/C24H22O3/c25-24(22-15-5-2-6-16-22)26-18-10-9-14-21-13-7-8-17-23(21)27-19-20-11-3-1-4-12-20/h1-13,15-17H,14,18-19H2/b10-9+. The Balaban J connectivity index is 1.49. The van der Waals surface area contributed by atoms with Crippen LogP contribution in [0, 0.1) is 0 Å². The molecule has 0 heterocycles. The highest BCUT2D eigenvalue weighted by Gasteiger charge is 2.04. The molecule has 0 atom stereocenters. The van der Waals surface area contributed by atoms with Gasteiger partial charge in [-0.2, -0.15) is 0 Å². The van der Waals surface area contributed by atoms with E-state index in [1.54, 1.807) is 12.1 Å². The van der Waals surface area contributed by atoms with Crippen LogP contribution in [0.25, 0.3) is 0 Å². The van der Waals surface area contributed by atoms with E-state index in [1.165, 1.54) is 0 Å². The Kier molecular flexibility index (Phi) is 6.82. The molecule has 0 aliphatic rings. The number of hydrogen-bond donors (Lipinski definition) is 0. The fourth-order valence-electron chi connectivity index (χ4n) is 2.61. The number of carbonyl (C=O) groups is 1. The summed E-state index contributed by atoms with van der Waals surface area (Å²) in [7, 11) is 0. The van der Waals surface area contributed by atoms with E-state index < -0.39 is 0 Å². The summed E-state index contributed by atoms with van der Waals surface area (Å²) in [5.74, 6) is 0.555. The Labute approximate surface area is 159 Å². The number of ether oxygens (including phenoxy) is 2. The maximum atomic E-state index is 11.9. The third-order valence-electron chi connectivity index (χ3n) is 4.03. The molecule has 0 unspecified atom stereocenters. The van der Waals surface area contributed by atoms with Crippen molar-refractivity contribution in [2.45, 2.75) is 13.0 Å². The van der Waals surface area contributed by atoms with E-state index in [4.69, 9.17) is 9.47 Å². The molecule has 3 heteroatoms. The molecule has 0 aliphatic carbocycles. The molecule has 0 amide bonds. The first kappa shape index (κ1) is 18.5. The van der Waals surface area contributed by atoms with Crippen LogP contribution in [0.3, 0.4) is 0 Å². The van der Waals surface area contributed by atoms with Crippen molar-refractivity contribution in [3.63, 3.8) is 0 Å². The molecular formula is C24H22O3. The number of esters is 1. The van der Waals surface area contributed by atoms with E-state index in [9.17, 15) is 4.79 Å². The normalized spacial score (nSPS) is 10.7. The lowest BCUT2D eigenvalue weighted by molar-refractivity contribution is 0.0549. The van der Waals surface area contributed by atoms with Gasteiger partial charge in [0.05, 0.1) is 5.56 Å². The summed E-state index contributed by atoms with van der Waals surface area (Å²) in [5, 5.41) is 0. The second-order valence-corrected chi connectivity index (χ2v) is 6.02. The summed E-state index contributed by atoms with van der Waals surface area (Å²) < 4.78 is 11.2. The van der Waals surface area contributed by atoms with E-state index >= 15 is 0 Å². The molecule has 3 rings (SSSR count). The maximum absolute atomic E-state index is 11.9. The van der Waals surface area contributed by atoms with Crippen LogP contribution in [0.15, 0.2) is 97.1 Å². The Bertz CT molecular complexity index is 870. The van der Waals surface area contributed by atoms with Crippen LogP contribution in [-0.4, -0.2) is 12.6 Å². The van der Waals surface area contributed by atoms with Crippen molar-refractivity contribution in [2.75, 3.05) is 6.61 Å². The summed E-state index contributed by atoms with van der Waals surface area (Å²) in [6, 6.07) is 27.1. The van der Waals surface area contributed by atoms with Crippen LogP contribution in [0.4, 0.5) is 0 Å². The Hall–Kier alpha value is -3.33. The summed E-state index contributed by atoms with van der Waals surface area (Å²) in [4.78, 5) is 11.9. The molecule has 0 spiro atoms. The van der Waals surface area contributed by atoms with Crippen LogP contribution in [0.1, 0.15) is 21.5 Å². The molecule has 3 aromatic carbocycles. The van der Waals surface area contributed by atoms with Crippen molar-refractivity contribution >= 4 is 5.97 Å². The molecule has 0 saturated carbocycles. The van der Waals surface area contributed by atoms with Gasteiger partial charge >= 0.3 is 5.97 Å². The number of allylic oxidation sites excluding steroid dienone is 1. The lowest BCUT2D eigenvalue weighted by atomic mass is 10.1.